The highest BCUT2D eigenvalue weighted by atomic mass is 16.1. The molecular weight excluding hydrogens is 114 g/mol. The van der Waals surface area contributed by atoms with E-state index in [0.29, 0.717) is 0 Å². The minimum atomic E-state index is 0.0799. The third-order valence-electron chi connectivity index (χ3n) is 1.62. The molecule has 1 aliphatic carbocycles. The van der Waals surface area contributed by atoms with Crippen molar-refractivity contribution in [1.29, 1.82) is 0 Å². The summed E-state index contributed by atoms with van der Waals surface area (Å²) in [5, 5.41) is 0. The number of aliphatic imine (C=N–C) groups is 1. The average molecular weight is 123 g/mol. The molecule has 0 spiro atoms. The van der Waals surface area contributed by atoms with Crippen LogP contribution in [0.3, 0.4) is 0 Å². The Labute approximate surface area is 54.3 Å². The highest BCUT2D eigenvalue weighted by molar-refractivity contribution is 5.36. The van der Waals surface area contributed by atoms with Gasteiger partial charge in [-0.3, -0.25) is 0 Å². The molecule has 0 fully saturated rings. The molecule has 1 atom stereocenters. The van der Waals surface area contributed by atoms with Gasteiger partial charge in [0.2, 0.25) is 6.08 Å². The Morgan fingerprint density at radius 2 is 2.56 bits per heavy atom. The van der Waals surface area contributed by atoms with Gasteiger partial charge in [0.15, 0.2) is 0 Å². The van der Waals surface area contributed by atoms with E-state index in [1.54, 1.807) is 6.08 Å². The van der Waals surface area contributed by atoms with Crippen molar-refractivity contribution in [2.45, 2.75) is 25.8 Å². The van der Waals surface area contributed by atoms with Crippen molar-refractivity contribution in [3.63, 3.8) is 0 Å². The molecule has 0 aromatic heterocycles. The minimum Gasteiger partial charge on any atom is -0.211 e. The van der Waals surface area contributed by atoms with Crippen molar-refractivity contribution in [3.05, 3.63) is 11.6 Å². The molecule has 0 radical (unpaired) electrons. The van der Waals surface area contributed by atoms with Gasteiger partial charge in [-0.2, -0.15) is 4.99 Å². The Hall–Kier alpha value is -0.880. The van der Waals surface area contributed by atoms with Gasteiger partial charge in [0.25, 0.3) is 0 Å². The lowest BCUT2D eigenvalue weighted by Crippen LogP contribution is -2.07. The number of isocyanates is 1. The largest absolute Gasteiger partial charge is 0.235 e. The maximum absolute atomic E-state index is 9.74. The molecule has 0 aliphatic heterocycles. The molecule has 0 aromatic carbocycles. The number of hydrogen-bond acceptors (Lipinski definition) is 2. The molecule has 0 unspecified atom stereocenters. The Morgan fingerprint density at radius 1 is 1.89 bits per heavy atom. The zero-order valence-corrected chi connectivity index (χ0v) is 5.42. The molecule has 0 N–H and O–H groups in total. The summed E-state index contributed by atoms with van der Waals surface area (Å²) in [4.78, 5) is 13.3. The summed E-state index contributed by atoms with van der Waals surface area (Å²) < 4.78 is 0. The van der Waals surface area contributed by atoms with Crippen LogP contribution in [0, 0.1) is 0 Å². The van der Waals surface area contributed by atoms with E-state index in [1.807, 2.05) is 6.92 Å². The molecule has 48 valence electrons. The van der Waals surface area contributed by atoms with E-state index < -0.39 is 0 Å². The van der Waals surface area contributed by atoms with Gasteiger partial charge in [0.1, 0.15) is 0 Å². The fourth-order valence-electron chi connectivity index (χ4n) is 0.852. The van der Waals surface area contributed by atoms with E-state index in [9.17, 15) is 4.79 Å². The lowest BCUT2D eigenvalue weighted by molar-refractivity contribution is 0.559. The van der Waals surface area contributed by atoms with Crippen LogP contribution in [0.25, 0.3) is 0 Å². The molecule has 2 nitrogen and oxygen atoms in total. The smallest absolute Gasteiger partial charge is 0.211 e. The zero-order valence-electron chi connectivity index (χ0n) is 5.42. The summed E-state index contributed by atoms with van der Waals surface area (Å²) in [5.41, 5.74) is 1.28. The molecule has 2 heteroatoms. The van der Waals surface area contributed by atoms with E-state index in [1.165, 1.54) is 5.57 Å². The topological polar surface area (TPSA) is 29.4 Å². The number of rotatable bonds is 2. The summed E-state index contributed by atoms with van der Waals surface area (Å²) in [5.74, 6) is 0. The highest BCUT2D eigenvalue weighted by Crippen LogP contribution is 2.22. The second-order valence-electron chi connectivity index (χ2n) is 2.21. The van der Waals surface area contributed by atoms with E-state index in [4.69, 9.17) is 0 Å². The van der Waals surface area contributed by atoms with Crippen LogP contribution >= 0.6 is 0 Å². The van der Waals surface area contributed by atoms with Crippen molar-refractivity contribution < 1.29 is 4.79 Å². The predicted octanol–water partition coefficient (Wildman–Crippen LogP) is 1.43. The fraction of sp³-hybridized carbons (Fsp3) is 0.571. The number of allylic oxidation sites excluding steroid dienone is 1. The summed E-state index contributed by atoms with van der Waals surface area (Å²) >= 11 is 0. The van der Waals surface area contributed by atoms with Crippen molar-refractivity contribution in [1.82, 2.24) is 0 Å². The van der Waals surface area contributed by atoms with E-state index in [2.05, 4.69) is 11.1 Å². The molecule has 0 heterocycles. The molecular formula is C7H9NO. The maximum atomic E-state index is 9.74. The highest BCUT2D eigenvalue weighted by Gasteiger charge is 2.11. The first-order valence-corrected chi connectivity index (χ1v) is 3.10. The molecule has 1 aliphatic rings. The summed E-state index contributed by atoms with van der Waals surface area (Å²) in [6.07, 6.45) is 5.92. The first kappa shape index (κ1) is 6.24. The van der Waals surface area contributed by atoms with Gasteiger partial charge in [0, 0.05) is 0 Å². The zero-order chi connectivity index (χ0) is 6.69. The van der Waals surface area contributed by atoms with Gasteiger partial charge in [-0.05, 0) is 25.3 Å². The monoisotopic (exact) mass is 123 g/mol. The number of hydrogen-bond donors (Lipinski definition) is 0. The predicted molar refractivity (Wildman–Crippen MR) is 34.9 cm³/mol. The fourth-order valence-corrected chi connectivity index (χ4v) is 0.852. The van der Waals surface area contributed by atoms with E-state index in [-0.39, 0.29) is 6.04 Å². The van der Waals surface area contributed by atoms with Crippen molar-refractivity contribution >= 4 is 6.08 Å². The second-order valence-corrected chi connectivity index (χ2v) is 2.21. The Bertz CT molecular complexity index is 177. The molecule has 0 saturated heterocycles. The lowest BCUT2D eigenvalue weighted by atomic mass is 9.93. The van der Waals surface area contributed by atoms with E-state index >= 15 is 0 Å². The number of carbonyl (C=O) groups excluding carboxylic acids is 1. The van der Waals surface area contributed by atoms with Gasteiger partial charge >= 0.3 is 0 Å². The quantitative estimate of drug-likeness (QED) is 0.310. The Balaban J connectivity index is 2.51. The van der Waals surface area contributed by atoms with Crippen LogP contribution in [0.5, 0.6) is 0 Å². The lowest BCUT2D eigenvalue weighted by Gasteiger charge is -2.16. The second kappa shape index (κ2) is 2.60. The number of nitrogens with zero attached hydrogens (tertiary/aromatic N) is 1. The van der Waals surface area contributed by atoms with Crippen LogP contribution in [0.2, 0.25) is 0 Å². The molecule has 0 bridgehead atoms. The van der Waals surface area contributed by atoms with Crippen LogP contribution in [0.15, 0.2) is 16.6 Å². The molecule has 9 heavy (non-hydrogen) atoms. The van der Waals surface area contributed by atoms with Crippen LogP contribution in [-0.2, 0) is 4.79 Å². The van der Waals surface area contributed by atoms with Crippen molar-refractivity contribution in [2.24, 2.45) is 4.99 Å². The van der Waals surface area contributed by atoms with Gasteiger partial charge in [-0.15, -0.1) is 0 Å². The Morgan fingerprint density at radius 3 is 2.89 bits per heavy atom. The van der Waals surface area contributed by atoms with Gasteiger partial charge < -0.3 is 0 Å². The van der Waals surface area contributed by atoms with Crippen molar-refractivity contribution in [2.75, 3.05) is 0 Å². The third kappa shape index (κ3) is 1.27. The Kier molecular flexibility index (Phi) is 1.81. The molecule has 1 rings (SSSR count). The van der Waals surface area contributed by atoms with Crippen molar-refractivity contribution in [3.8, 4) is 0 Å². The average Bonchev–Trinajstić information content (AvgIpc) is 1.60. The van der Waals surface area contributed by atoms with Gasteiger partial charge in [-0.1, -0.05) is 6.08 Å². The molecule has 0 aromatic rings. The first-order valence-electron chi connectivity index (χ1n) is 3.10. The normalized spacial score (nSPS) is 19.0. The summed E-state index contributed by atoms with van der Waals surface area (Å²) in [6.45, 7) is 1.91. The van der Waals surface area contributed by atoms with Crippen LogP contribution in [-0.4, -0.2) is 12.1 Å². The molecule has 0 amide bonds. The van der Waals surface area contributed by atoms with Crippen LogP contribution in [0.4, 0.5) is 0 Å². The van der Waals surface area contributed by atoms with E-state index in [0.717, 1.165) is 12.8 Å². The van der Waals surface area contributed by atoms with Gasteiger partial charge in [0.05, 0.1) is 6.04 Å². The first-order chi connectivity index (χ1) is 4.34. The summed E-state index contributed by atoms with van der Waals surface area (Å²) in [6, 6.07) is 0.0799. The van der Waals surface area contributed by atoms with Crippen LogP contribution < -0.4 is 0 Å². The van der Waals surface area contributed by atoms with Gasteiger partial charge in [-0.25, -0.2) is 4.79 Å². The maximum Gasteiger partial charge on any atom is 0.235 e. The SMILES string of the molecule is C[C@H](N=C=O)C1=CCC1. The third-order valence-corrected chi connectivity index (χ3v) is 1.62. The molecule has 0 saturated carbocycles. The minimum absolute atomic E-state index is 0.0799. The standard InChI is InChI=1S/C7H9NO/c1-6(8-5-9)7-3-2-4-7/h3,6H,2,4H2,1H3/t6-/m0/s1. The summed E-state index contributed by atoms with van der Waals surface area (Å²) in [7, 11) is 0. The van der Waals surface area contributed by atoms with Crippen LogP contribution in [0.1, 0.15) is 19.8 Å².